The average Bonchev–Trinajstić information content (AvgIpc) is 3.52. The first-order valence-electron chi connectivity index (χ1n) is 10.00. The van der Waals surface area contributed by atoms with Crippen molar-refractivity contribution in [1.82, 2.24) is 25.0 Å². The molecule has 0 radical (unpaired) electrons. The van der Waals surface area contributed by atoms with E-state index in [1.165, 1.54) is 12.8 Å². The minimum absolute atomic E-state index is 0.0710. The van der Waals surface area contributed by atoms with Gasteiger partial charge < -0.3 is 10.1 Å². The molecular weight excluding hydrogens is 418 g/mol. The Morgan fingerprint density at radius 2 is 2.10 bits per heavy atom. The second-order valence-corrected chi connectivity index (χ2v) is 8.56. The number of hydrogen-bond acceptors (Lipinski definition) is 6. The lowest BCUT2D eigenvalue weighted by Crippen LogP contribution is -2.38. The predicted octanol–water partition coefficient (Wildman–Crippen LogP) is 3.63. The first-order chi connectivity index (χ1) is 14.7. The molecule has 0 bridgehead atoms. The van der Waals surface area contributed by atoms with Crippen molar-refractivity contribution >= 4 is 29.5 Å². The molecule has 1 aliphatic rings. The third kappa shape index (κ3) is 4.48. The Labute approximate surface area is 184 Å². The standard InChI is InChI=1S/C21H25N5O2S2/c1-28-17-8-3-2-7-15(17)16(25-10-4-5-11-25)13-22-19(27)14-26-20(23-24-21(26)29)18-9-6-12-30-18/h2-3,6-9,12,16H,4-5,10-11,13-14H2,1H3,(H,22,27)(H,24,29). The summed E-state index contributed by atoms with van der Waals surface area (Å²) >= 11 is 6.91. The minimum Gasteiger partial charge on any atom is -0.496 e. The minimum atomic E-state index is -0.0931. The van der Waals surface area contributed by atoms with E-state index in [-0.39, 0.29) is 18.5 Å². The van der Waals surface area contributed by atoms with E-state index in [9.17, 15) is 4.79 Å². The van der Waals surface area contributed by atoms with Gasteiger partial charge in [0, 0.05) is 12.1 Å². The third-order valence-electron chi connectivity index (χ3n) is 5.37. The maximum absolute atomic E-state index is 12.8. The number of H-pyrrole nitrogens is 1. The summed E-state index contributed by atoms with van der Waals surface area (Å²) < 4.78 is 7.76. The summed E-state index contributed by atoms with van der Waals surface area (Å²) in [6, 6.07) is 12.0. The number of para-hydroxylation sites is 1. The highest BCUT2D eigenvalue weighted by Crippen LogP contribution is 2.31. The number of amides is 1. The SMILES string of the molecule is COc1ccccc1C(CNC(=O)Cn1c(-c2cccs2)n[nH]c1=S)N1CCCC1. The number of ether oxygens (including phenoxy) is 1. The quantitative estimate of drug-likeness (QED) is 0.520. The van der Waals surface area contributed by atoms with Crippen LogP contribution >= 0.6 is 23.6 Å². The zero-order valence-electron chi connectivity index (χ0n) is 16.8. The van der Waals surface area contributed by atoms with Gasteiger partial charge in [0.15, 0.2) is 10.6 Å². The fourth-order valence-electron chi connectivity index (χ4n) is 3.90. The number of aromatic amines is 1. The Bertz CT molecular complexity index is 1040. The molecule has 0 saturated carbocycles. The summed E-state index contributed by atoms with van der Waals surface area (Å²) in [5.41, 5.74) is 1.10. The summed E-state index contributed by atoms with van der Waals surface area (Å²) in [5, 5.41) is 12.2. The molecule has 3 aromatic rings. The van der Waals surface area contributed by atoms with E-state index in [0.29, 0.717) is 17.1 Å². The van der Waals surface area contributed by atoms with Crippen molar-refractivity contribution < 1.29 is 9.53 Å². The zero-order valence-corrected chi connectivity index (χ0v) is 18.5. The maximum Gasteiger partial charge on any atom is 0.240 e. The molecule has 1 amide bonds. The van der Waals surface area contributed by atoms with Gasteiger partial charge in [0.05, 0.1) is 18.0 Å². The van der Waals surface area contributed by atoms with Crippen LogP contribution in [0.3, 0.4) is 0 Å². The number of likely N-dealkylation sites (tertiary alicyclic amines) is 1. The topological polar surface area (TPSA) is 75.2 Å². The number of nitrogens with zero attached hydrogens (tertiary/aromatic N) is 3. The van der Waals surface area contributed by atoms with Crippen LogP contribution in [0.5, 0.6) is 5.75 Å². The Morgan fingerprint density at radius 3 is 2.83 bits per heavy atom. The van der Waals surface area contributed by atoms with Gasteiger partial charge >= 0.3 is 0 Å². The molecule has 0 spiro atoms. The van der Waals surface area contributed by atoms with E-state index in [4.69, 9.17) is 17.0 Å². The molecule has 1 aliphatic heterocycles. The third-order valence-corrected chi connectivity index (χ3v) is 6.55. The van der Waals surface area contributed by atoms with Gasteiger partial charge in [-0.25, -0.2) is 0 Å². The van der Waals surface area contributed by atoms with Gasteiger partial charge in [0.25, 0.3) is 0 Å². The van der Waals surface area contributed by atoms with Crippen molar-refractivity contribution in [2.75, 3.05) is 26.7 Å². The van der Waals surface area contributed by atoms with E-state index < -0.39 is 0 Å². The fraction of sp³-hybridized carbons (Fsp3) is 0.381. The molecule has 7 nitrogen and oxygen atoms in total. The molecule has 1 saturated heterocycles. The van der Waals surface area contributed by atoms with Crippen molar-refractivity contribution in [1.29, 1.82) is 0 Å². The number of nitrogens with one attached hydrogen (secondary N) is 2. The summed E-state index contributed by atoms with van der Waals surface area (Å²) in [6.45, 7) is 2.68. The lowest BCUT2D eigenvalue weighted by atomic mass is 10.0. The first-order valence-corrected chi connectivity index (χ1v) is 11.3. The van der Waals surface area contributed by atoms with Gasteiger partial charge in [-0.3, -0.25) is 19.4 Å². The Morgan fingerprint density at radius 1 is 1.30 bits per heavy atom. The molecule has 1 unspecified atom stereocenters. The number of carbonyl (C=O) groups is 1. The molecule has 30 heavy (non-hydrogen) atoms. The van der Waals surface area contributed by atoms with Crippen LogP contribution in [0.4, 0.5) is 0 Å². The molecule has 9 heteroatoms. The number of thiophene rings is 1. The number of rotatable bonds is 8. The van der Waals surface area contributed by atoms with Gasteiger partial charge in [-0.05, 0) is 55.7 Å². The van der Waals surface area contributed by atoms with Crippen molar-refractivity contribution in [2.45, 2.75) is 25.4 Å². The summed E-state index contributed by atoms with van der Waals surface area (Å²) in [4.78, 5) is 16.2. The second-order valence-electron chi connectivity index (χ2n) is 7.22. The first kappa shape index (κ1) is 20.8. The highest BCUT2D eigenvalue weighted by Gasteiger charge is 2.26. The van der Waals surface area contributed by atoms with E-state index in [1.807, 2.05) is 35.7 Å². The Kier molecular flexibility index (Phi) is 6.61. The monoisotopic (exact) mass is 443 g/mol. The van der Waals surface area contributed by atoms with Crippen LogP contribution in [-0.4, -0.2) is 52.3 Å². The van der Waals surface area contributed by atoms with E-state index in [2.05, 4.69) is 26.5 Å². The molecule has 0 aliphatic carbocycles. The number of hydrogen-bond donors (Lipinski definition) is 2. The molecule has 2 aromatic heterocycles. The van der Waals surface area contributed by atoms with Crippen LogP contribution in [0.25, 0.3) is 10.7 Å². The van der Waals surface area contributed by atoms with E-state index in [1.54, 1.807) is 23.0 Å². The van der Waals surface area contributed by atoms with Crippen LogP contribution in [0.15, 0.2) is 41.8 Å². The number of benzene rings is 1. The van der Waals surface area contributed by atoms with E-state index in [0.717, 1.165) is 29.3 Å². The fourth-order valence-corrected chi connectivity index (χ4v) is 4.82. The molecule has 1 atom stereocenters. The lowest BCUT2D eigenvalue weighted by Gasteiger charge is -2.29. The Balaban J connectivity index is 1.49. The Hall–Kier alpha value is -2.49. The lowest BCUT2D eigenvalue weighted by molar-refractivity contribution is -0.121. The number of aromatic nitrogens is 3. The van der Waals surface area contributed by atoms with Crippen LogP contribution in [0.1, 0.15) is 24.4 Å². The molecule has 1 aromatic carbocycles. The number of methoxy groups -OCH3 is 1. The van der Waals surface area contributed by atoms with Crippen LogP contribution in [0.2, 0.25) is 0 Å². The van der Waals surface area contributed by atoms with Crippen molar-refractivity contribution in [3.05, 3.63) is 52.1 Å². The van der Waals surface area contributed by atoms with Gasteiger partial charge in [0.2, 0.25) is 5.91 Å². The molecule has 1 fully saturated rings. The van der Waals surface area contributed by atoms with Crippen LogP contribution < -0.4 is 10.1 Å². The molecule has 4 rings (SSSR count). The maximum atomic E-state index is 12.8. The predicted molar refractivity (Wildman–Crippen MR) is 120 cm³/mol. The van der Waals surface area contributed by atoms with Gasteiger partial charge in [0.1, 0.15) is 12.3 Å². The van der Waals surface area contributed by atoms with Crippen molar-refractivity contribution in [3.63, 3.8) is 0 Å². The molecular formula is C21H25N5O2S2. The van der Waals surface area contributed by atoms with Gasteiger partial charge in [-0.2, -0.15) is 5.10 Å². The second kappa shape index (κ2) is 9.55. The van der Waals surface area contributed by atoms with Crippen molar-refractivity contribution in [2.24, 2.45) is 0 Å². The molecule has 2 N–H and O–H groups in total. The van der Waals surface area contributed by atoms with Crippen LogP contribution in [0, 0.1) is 4.77 Å². The van der Waals surface area contributed by atoms with Gasteiger partial charge in [-0.1, -0.05) is 24.3 Å². The van der Waals surface area contributed by atoms with Crippen molar-refractivity contribution in [3.8, 4) is 16.5 Å². The van der Waals surface area contributed by atoms with Crippen LogP contribution in [-0.2, 0) is 11.3 Å². The smallest absolute Gasteiger partial charge is 0.240 e. The molecule has 158 valence electrons. The highest BCUT2D eigenvalue weighted by molar-refractivity contribution is 7.71. The summed E-state index contributed by atoms with van der Waals surface area (Å²) in [5.74, 6) is 1.44. The zero-order chi connectivity index (χ0) is 20.9. The highest BCUT2D eigenvalue weighted by atomic mass is 32.1. The molecule has 3 heterocycles. The summed E-state index contributed by atoms with van der Waals surface area (Å²) in [7, 11) is 1.69. The van der Waals surface area contributed by atoms with Gasteiger partial charge in [-0.15, -0.1) is 11.3 Å². The normalized spacial score (nSPS) is 15.2. The van der Waals surface area contributed by atoms with E-state index >= 15 is 0 Å². The number of carbonyl (C=O) groups excluding carboxylic acids is 1. The largest absolute Gasteiger partial charge is 0.496 e. The average molecular weight is 444 g/mol. The summed E-state index contributed by atoms with van der Waals surface area (Å²) in [6.07, 6.45) is 2.35.